The number of nitrogens with one attached hydrogen (secondary N) is 1. The van der Waals surface area contributed by atoms with Crippen LogP contribution >= 0.6 is 38.2 Å². The summed E-state index contributed by atoms with van der Waals surface area (Å²) in [4.78, 5) is 55.6. The number of primary amides is 1. The maximum Gasteiger partial charge on any atom is 0.481 e. The average molecular weight is 790 g/mol. The molecule has 0 aromatic carbocycles. The Morgan fingerprint density at radius 2 is 1.80 bits per heavy atom. The minimum absolute atomic E-state index is 0.0257. The van der Waals surface area contributed by atoms with E-state index in [9.17, 15) is 48.9 Å². The fourth-order valence-electron chi connectivity index (χ4n) is 5.24. The van der Waals surface area contributed by atoms with Crippen LogP contribution in [0.5, 0.6) is 0 Å². The van der Waals surface area contributed by atoms with Crippen molar-refractivity contribution in [3.63, 3.8) is 0 Å². The number of amides is 1. The Morgan fingerprint density at radius 1 is 1.11 bits per heavy atom. The fourth-order valence-corrected chi connectivity index (χ4v) is 8.12. The first-order valence-corrected chi connectivity index (χ1v) is 17.2. The molecule has 2 fully saturated rings. The molecule has 10 atom stereocenters. The second-order valence-corrected chi connectivity index (χ2v) is 14.4. The molecule has 1 amide bonds. The van der Waals surface area contributed by atoms with E-state index in [-0.39, 0.29) is 33.4 Å². The van der Waals surface area contributed by atoms with E-state index in [1.165, 1.54) is 15.7 Å². The van der Waals surface area contributed by atoms with Crippen LogP contribution in [0.4, 0.5) is 0 Å². The second-order valence-electron chi connectivity index (χ2n) is 10.4. The van der Waals surface area contributed by atoms with E-state index in [2.05, 4.69) is 19.3 Å². The highest BCUT2D eigenvalue weighted by Crippen LogP contribution is 2.61. The first kappa shape index (κ1) is 34.2. The lowest BCUT2D eigenvalue weighted by Gasteiger charge is -2.29. The number of aliphatic hydroxyl groups excluding tert-OH is 4. The van der Waals surface area contributed by atoms with Crippen molar-refractivity contribution in [1.29, 1.82) is 0 Å². The Kier molecular flexibility index (Phi) is 10.0. The number of phosphoric acid groups is 2. The van der Waals surface area contributed by atoms with Crippen LogP contribution in [0, 0.1) is 9.75 Å². The number of aromatic amines is 1. The van der Waals surface area contributed by atoms with Crippen molar-refractivity contribution in [3.05, 3.63) is 44.6 Å². The first-order chi connectivity index (χ1) is 21.1. The smallest absolute Gasteiger partial charge is 0.390 e. The topological polar surface area (TPSA) is 302 Å². The van der Waals surface area contributed by atoms with Gasteiger partial charge >= 0.3 is 15.6 Å². The minimum Gasteiger partial charge on any atom is -0.390 e. The Bertz CT molecular complexity index is 1670. The molecular formula is C22H29IN6O14P2. The molecule has 20 nitrogen and oxygen atoms in total. The van der Waals surface area contributed by atoms with Gasteiger partial charge in [0.05, 0.1) is 31.7 Å². The normalized spacial score (nSPS) is 32.9. The summed E-state index contributed by atoms with van der Waals surface area (Å²) in [6.07, 6.45) is -2.85. The van der Waals surface area contributed by atoms with E-state index >= 15 is 0 Å². The zero-order valence-corrected chi connectivity index (χ0v) is 26.8. The SMILES string of the molecule is NC(=O)C1=CN(C2CC(COP(=O)(O)OP(=O)(O)OCC3OC(n4c(I)nc5c(=O)[nH]cnc54)C(O)C3O)C(O)C2O)C=CC1. The van der Waals surface area contributed by atoms with Crippen LogP contribution < -0.4 is 11.3 Å². The number of halogens is 1. The van der Waals surface area contributed by atoms with Gasteiger partial charge in [0.25, 0.3) is 5.56 Å². The monoisotopic (exact) mass is 790 g/mol. The number of hydrogen-bond acceptors (Lipinski definition) is 15. The molecule has 45 heavy (non-hydrogen) atoms. The summed E-state index contributed by atoms with van der Waals surface area (Å²) in [5, 5.41) is 42.1. The third-order valence-corrected chi connectivity index (χ3v) is 10.8. The molecule has 1 aliphatic carbocycles. The number of aromatic nitrogens is 4. The third-order valence-electron chi connectivity index (χ3n) is 7.48. The zero-order valence-electron chi connectivity index (χ0n) is 22.8. The number of nitrogens with two attached hydrogens (primary N) is 1. The Morgan fingerprint density at radius 3 is 2.49 bits per heavy atom. The number of imidazole rings is 1. The van der Waals surface area contributed by atoms with Crippen LogP contribution in [0.1, 0.15) is 19.1 Å². The van der Waals surface area contributed by atoms with Crippen molar-refractivity contribution in [1.82, 2.24) is 24.4 Å². The molecule has 0 radical (unpaired) electrons. The van der Waals surface area contributed by atoms with Crippen LogP contribution in [0.25, 0.3) is 11.2 Å². The summed E-state index contributed by atoms with van der Waals surface area (Å²) >= 11 is 1.76. The molecule has 10 unspecified atom stereocenters. The fraction of sp³-hybridized carbons (Fsp3) is 0.545. The van der Waals surface area contributed by atoms with Gasteiger partial charge in [0.1, 0.15) is 24.4 Å². The van der Waals surface area contributed by atoms with E-state index < -0.39 is 89.0 Å². The largest absolute Gasteiger partial charge is 0.481 e. The molecule has 0 spiro atoms. The van der Waals surface area contributed by atoms with Crippen molar-refractivity contribution in [3.8, 4) is 0 Å². The molecule has 1 saturated heterocycles. The summed E-state index contributed by atoms with van der Waals surface area (Å²) in [7, 11) is -10.7. The van der Waals surface area contributed by atoms with Crippen molar-refractivity contribution in [2.24, 2.45) is 11.7 Å². The maximum absolute atomic E-state index is 12.5. The van der Waals surface area contributed by atoms with Gasteiger partial charge in [-0.3, -0.25) is 23.2 Å². The molecule has 2 aromatic rings. The Labute approximate surface area is 266 Å². The van der Waals surface area contributed by atoms with E-state index in [0.29, 0.717) is 0 Å². The van der Waals surface area contributed by atoms with E-state index in [1.54, 1.807) is 34.9 Å². The van der Waals surface area contributed by atoms with Crippen molar-refractivity contribution < 1.29 is 62.2 Å². The Hall–Kier alpha value is -2.11. The number of hydrogen-bond donors (Lipinski definition) is 8. The van der Waals surface area contributed by atoms with E-state index in [4.69, 9.17) is 19.5 Å². The summed E-state index contributed by atoms with van der Waals surface area (Å²) < 4.78 is 45.9. The van der Waals surface area contributed by atoms with Crippen LogP contribution in [0.3, 0.4) is 0 Å². The van der Waals surface area contributed by atoms with Gasteiger partial charge in [-0.1, -0.05) is 6.08 Å². The standard InChI is InChI=1S/C22H29IN6O14P2/c23-22-27-13-19(25-8-26-20(13)35)29(22)21-17(33)16(32)12(42-21)7-41-45(38,39)43-44(36,37)40-6-10-4-11(15(31)14(10)30)28-3-1-2-9(5-28)18(24)34/h1,3,5,8,10-12,14-17,21,30-33H,2,4,6-7H2,(H2,24,34)(H,36,37)(H,38,39)(H,25,26,35). The number of ether oxygens (including phenoxy) is 1. The lowest BCUT2D eigenvalue weighted by Crippen LogP contribution is -2.39. The van der Waals surface area contributed by atoms with Gasteiger partial charge in [0, 0.05) is 46.5 Å². The highest BCUT2D eigenvalue weighted by Gasteiger charge is 2.48. The van der Waals surface area contributed by atoms with Gasteiger partial charge in [-0.2, -0.15) is 4.31 Å². The molecule has 2 aromatic heterocycles. The van der Waals surface area contributed by atoms with Crippen LogP contribution in [-0.4, -0.2) is 110 Å². The molecule has 4 heterocycles. The highest BCUT2D eigenvalue weighted by molar-refractivity contribution is 14.1. The first-order valence-electron chi connectivity index (χ1n) is 13.2. The zero-order chi connectivity index (χ0) is 32.8. The number of H-pyrrole nitrogens is 1. The highest BCUT2D eigenvalue weighted by atomic mass is 127. The van der Waals surface area contributed by atoms with Gasteiger partial charge in [-0.15, -0.1) is 0 Å². The lowest BCUT2D eigenvalue weighted by atomic mass is 10.1. The number of carbonyl (C=O) groups is 1. The number of aliphatic hydroxyl groups is 4. The molecule has 5 rings (SSSR count). The molecule has 248 valence electrons. The average Bonchev–Trinajstić information content (AvgIpc) is 3.56. The molecule has 2 aliphatic heterocycles. The Balaban J connectivity index is 1.16. The molecule has 0 bridgehead atoms. The molecule has 3 aliphatic rings. The van der Waals surface area contributed by atoms with Gasteiger partial charge < -0.3 is 50.6 Å². The van der Waals surface area contributed by atoms with Crippen molar-refractivity contribution >= 4 is 55.3 Å². The minimum atomic E-state index is -5.36. The van der Waals surface area contributed by atoms with E-state index in [0.717, 1.165) is 6.33 Å². The predicted molar refractivity (Wildman–Crippen MR) is 156 cm³/mol. The van der Waals surface area contributed by atoms with Gasteiger partial charge in [0.2, 0.25) is 5.91 Å². The summed E-state index contributed by atoms with van der Waals surface area (Å²) in [5.41, 5.74) is 4.99. The molecular weight excluding hydrogens is 761 g/mol. The number of nitrogens with zero attached hydrogens (tertiary/aromatic N) is 4. The molecule has 23 heteroatoms. The summed E-state index contributed by atoms with van der Waals surface area (Å²) in [6.45, 7) is -1.59. The van der Waals surface area contributed by atoms with Gasteiger partial charge in [-0.25, -0.2) is 19.1 Å². The predicted octanol–water partition coefficient (Wildman–Crippen LogP) is -1.71. The number of fused-ring (bicyclic) bond motifs is 1. The van der Waals surface area contributed by atoms with Gasteiger partial charge in [0.15, 0.2) is 21.2 Å². The maximum atomic E-state index is 12.5. The number of phosphoric ester groups is 2. The quantitative estimate of drug-likeness (QED) is 0.0714. The number of allylic oxidation sites excluding steroid dienone is 1. The van der Waals surface area contributed by atoms with Crippen LogP contribution in [0.2, 0.25) is 0 Å². The third kappa shape index (κ3) is 7.25. The summed E-state index contributed by atoms with van der Waals surface area (Å²) in [6, 6.07) is -0.747. The van der Waals surface area contributed by atoms with Gasteiger partial charge in [-0.05, 0) is 12.8 Å². The molecule has 1 saturated carbocycles. The molecule has 9 N–H and O–H groups in total. The number of carbonyl (C=O) groups excluding carboxylic acids is 1. The van der Waals surface area contributed by atoms with Crippen LogP contribution in [-0.2, 0) is 32.0 Å². The second kappa shape index (κ2) is 13.2. The van der Waals surface area contributed by atoms with Crippen molar-refractivity contribution in [2.75, 3.05) is 13.2 Å². The van der Waals surface area contributed by atoms with Crippen molar-refractivity contribution in [2.45, 2.75) is 55.6 Å². The van der Waals surface area contributed by atoms with E-state index in [1.807, 2.05) is 0 Å². The van der Waals surface area contributed by atoms with Crippen LogP contribution in [0.15, 0.2) is 35.2 Å². The summed E-state index contributed by atoms with van der Waals surface area (Å²) in [5.74, 6) is -1.59. The number of rotatable bonds is 11. The lowest BCUT2D eigenvalue weighted by molar-refractivity contribution is -0.114.